The maximum atomic E-state index is 11.8. The van der Waals surface area contributed by atoms with Crippen molar-refractivity contribution in [3.63, 3.8) is 0 Å². The SMILES string of the molecule is CN1CC(C2CC2)N(C2CC2)C1=O. The molecule has 3 fully saturated rings. The topological polar surface area (TPSA) is 23.6 Å². The third-order valence-electron chi connectivity index (χ3n) is 3.47. The second-order valence-electron chi connectivity index (χ2n) is 4.71. The van der Waals surface area contributed by atoms with Crippen LogP contribution in [0.2, 0.25) is 0 Å². The Kier molecular flexibility index (Phi) is 1.41. The van der Waals surface area contributed by atoms with Crippen LogP contribution in [0.25, 0.3) is 0 Å². The summed E-state index contributed by atoms with van der Waals surface area (Å²) in [5, 5.41) is 0. The van der Waals surface area contributed by atoms with Gasteiger partial charge in [-0.3, -0.25) is 0 Å². The van der Waals surface area contributed by atoms with E-state index in [1.165, 1.54) is 25.7 Å². The summed E-state index contributed by atoms with van der Waals surface area (Å²) in [7, 11) is 1.93. The summed E-state index contributed by atoms with van der Waals surface area (Å²) in [4.78, 5) is 15.8. The van der Waals surface area contributed by atoms with E-state index in [1.54, 1.807) is 0 Å². The van der Waals surface area contributed by atoms with Crippen LogP contribution in [0.4, 0.5) is 4.79 Å². The molecule has 3 aliphatic rings. The molecule has 13 heavy (non-hydrogen) atoms. The summed E-state index contributed by atoms with van der Waals surface area (Å²) in [5.41, 5.74) is 0. The summed E-state index contributed by atoms with van der Waals surface area (Å²) < 4.78 is 0. The highest BCUT2D eigenvalue weighted by Gasteiger charge is 2.49. The number of hydrogen-bond acceptors (Lipinski definition) is 1. The number of nitrogens with zero attached hydrogens (tertiary/aromatic N) is 2. The van der Waals surface area contributed by atoms with Crippen molar-refractivity contribution in [2.75, 3.05) is 13.6 Å². The summed E-state index contributed by atoms with van der Waals surface area (Å²) in [6, 6.07) is 1.44. The smallest absolute Gasteiger partial charge is 0.320 e. The van der Waals surface area contributed by atoms with Crippen molar-refractivity contribution in [2.24, 2.45) is 5.92 Å². The van der Waals surface area contributed by atoms with Gasteiger partial charge < -0.3 is 9.80 Å². The lowest BCUT2D eigenvalue weighted by Crippen LogP contribution is -2.37. The number of carbonyl (C=O) groups excluding carboxylic acids is 1. The molecule has 3 nitrogen and oxygen atoms in total. The van der Waals surface area contributed by atoms with Gasteiger partial charge in [0.2, 0.25) is 0 Å². The molecule has 0 bridgehead atoms. The quantitative estimate of drug-likeness (QED) is 0.628. The van der Waals surface area contributed by atoms with Crippen LogP contribution in [0, 0.1) is 5.92 Å². The highest BCUT2D eigenvalue weighted by molar-refractivity contribution is 5.77. The van der Waals surface area contributed by atoms with Gasteiger partial charge in [0.15, 0.2) is 0 Å². The van der Waals surface area contributed by atoms with Crippen molar-refractivity contribution in [3.05, 3.63) is 0 Å². The van der Waals surface area contributed by atoms with E-state index in [1.807, 2.05) is 11.9 Å². The van der Waals surface area contributed by atoms with E-state index >= 15 is 0 Å². The summed E-state index contributed by atoms with van der Waals surface area (Å²) in [5.74, 6) is 0.828. The zero-order valence-corrected chi connectivity index (χ0v) is 8.07. The second-order valence-corrected chi connectivity index (χ2v) is 4.71. The van der Waals surface area contributed by atoms with E-state index < -0.39 is 0 Å². The van der Waals surface area contributed by atoms with E-state index in [4.69, 9.17) is 0 Å². The first-order valence-electron chi connectivity index (χ1n) is 5.31. The van der Waals surface area contributed by atoms with Crippen LogP contribution in [-0.2, 0) is 0 Å². The number of amides is 2. The van der Waals surface area contributed by atoms with Crippen molar-refractivity contribution >= 4 is 6.03 Å². The Labute approximate surface area is 78.7 Å². The van der Waals surface area contributed by atoms with Gasteiger partial charge in [-0.05, 0) is 31.6 Å². The minimum Gasteiger partial charge on any atom is -0.326 e. The summed E-state index contributed by atoms with van der Waals surface area (Å²) in [6.07, 6.45) is 5.16. The van der Waals surface area contributed by atoms with E-state index in [0.717, 1.165) is 12.5 Å². The predicted molar refractivity (Wildman–Crippen MR) is 49.4 cm³/mol. The molecule has 0 spiro atoms. The van der Waals surface area contributed by atoms with Gasteiger partial charge in [0.05, 0.1) is 6.04 Å². The monoisotopic (exact) mass is 180 g/mol. The highest BCUT2D eigenvalue weighted by atomic mass is 16.2. The molecule has 3 heteroatoms. The normalized spacial score (nSPS) is 34.5. The Balaban J connectivity index is 1.81. The molecule has 1 aliphatic heterocycles. The zero-order valence-electron chi connectivity index (χ0n) is 8.07. The highest BCUT2D eigenvalue weighted by Crippen LogP contribution is 2.42. The van der Waals surface area contributed by atoms with E-state index in [9.17, 15) is 4.79 Å². The first-order chi connectivity index (χ1) is 6.27. The average Bonchev–Trinajstić information content (AvgIpc) is 2.98. The van der Waals surface area contributed by atoms with Crippen molar-refractivity contribution < 1.29 is 4.79 Å². The lowest BCUT2D eigenvalue weighted by molar-refractivity contribution is 0.184. The third-order valence-corrected chi connectivity index (χ3v) is 3.47. The van der Waals surface area contributed by atoms with Gasteiger partial charge in [0.1, 0.15) is 0 Å². The van der Waals surface area contributed by atoms with Crippen molar-refractivity contribution in [1.29, 1.82) is 0 Å². The van der Waals surface area contributed by atoms with Crippen LogP contribution in [0.3, 0.4) is 0 Å². The van der Waals surface area contributed by atoms with Crippen LogP contribution in [0.1, 0.15) is 25.7 Å². The van der Waals surface area contributed by atoms with Crippen molar-refractivity contribution in [2.45, 2.75) is 37.8 Å². The van der Waals surface area contributed by atoms with Crippen LogP contribution in [0.5, 0.6) is 0 Å². The van der Waals surface area contributed by atoms with E-state index in [0.29, 0.717) is 12.1 Å². The lowest BCUT2D eigenvalue weighted by Gasteiger charge is -2.22. The maximum absolute atomic E-state index is 11.8. The van der Waals surface area contributed by atoms with Gasteiger partial charge in [-0.25, -0.2) is 4.79 Å². The Hall–Kier alpha value is -0.730. The molecule has 0 aromatic rings. The van der Waals surface area contributed by atoms with Crippen LogP contribution in [0.15, 0.2) is 0 Å². The standard InChI is InChI=1S/C10H16N2O/c1-11-6-9(7-2-3-7)12(10(11)13)8-4-5-8/h7-9H,2-6H2,1H3. The van der Waals surface area contributed by atoms with Gasteiger partial charge in [0.25, 0.3) is 0 Å². The molecule has 1 unspecified atom stereocenters. The summed E-state index contributed by atoms with van der Waals surface area (Å²) in [6.45, 7) is 0.972. The number of likely N-dealkylation sites (N-methyl/N-ethyl adjacent to an activating group) is 1. The lowest BCUT2D eigenvalue weighted by atomic mass is 10.2. The number of rotatable bonds is 2. The Bertz CT molecular complexity index is 245. The number of carbonyl (C=O) groups is 1. The largest absolute Gasteiger partial charge is 0.326 e. The molecular formula is C10H16N2O. The molecule has 0 aromatic heterocycles. The Morgan fingerprint density at radius 2 is 1.92 bits per heavy atom. The molecule has 0 radical (unpaired) electrons. The fraction of sp³-hybridized carbons (Fsp3) is 0.900. The van der Waals surface area contributed by atoms with Crippen LogP contribution in [-0.4, -0.2) is 41.5 Å². The fourth-order valence-corrected chi connectivity index (χ4v) is 2.42. The zero-order chi connectivity index (χ0) is 9.00. The molecular weight excluding hydrogens is 164 g/mol. The molecule has 2 aliphatic carbocycles. The first kappa shape index (κ1) is 7.65. The van der Waals surface area contributed by atoms with Gasteiger partial charge in [-0.1, -0.05) is 0 Å². The summed E-state index contributed by atoms with van der Waals surface area (Å²) >= 11 is 0. The average molecular weight is 180 g/mol. The first-order valence-corrected chi connectivity index (χ1v) is 5.31. The second kappa shape index (κ2) is 2.40. The van der Waals surface area contributed by atoms with Gasteiger partial charge in [-0.2, -0.15) is 0 Å². The molecule has 1 saturated heterocycles. The molecule has 1 heterocycles. The van der Waals surface area contributed by atoms with Crippen molar-refractivity contribution in [3.8, 4) is 0 Å². The minimum atomic E-state index is 0.277. The van der Waals surface area contributed by atoms with E-state index in [2.05, 4.69) is 4.90 Å². The molecule has 0 aromatic carbocycles. The van der Waals surface area contributed by atoms with Gasteiger partial charge in [0, 0.05) is 19.6 Å². The van der Waals surface area contributed by atoms with Crippen LogP contribution < -0.4 is 0 Å². The molecule has 72 valence electrons. The minimum absolute atomic E-state index is 0.277. The van der Waals surface area contributed by atoms with Crippen LogP contribution >= 0.6 is 0 Å². The molecule has 2 saturated carbocycles. The molecule has 1 atom stereocenters. The third kappa shape index (κ3) is 1.13. The predicted octanol–water partition coefficient (Wildman–Crippen LogP) is 1.29. The number of hydrogen-bond donors (Lipinski definition) is 0. The van der Waals surface area contributed by atoms with Crippen molar-refractivity contribution in [1.82, 2.24) is 9.80 Å². The molecule has 3 rings (SSSR count). The molecule has 2 amide bonds. The Morgan fingerprint density at radius 3 is 2.46 bits per heavy atom. The maximum Gasteiger partial charge on any atom is 0.320 e. The fourth-order valence-electron chi connectivity index (χ4n) is 2.42. The van der Waals surface area contributed by atoms with E-state index in [-0.39, 0.29) is 6.03 Å². The van der Waals surface area contributed by atoms with Gasteiger partial charge >= 0.3 is 6.03 Å². The number of urea groups is 1. The molecule has 0 N–H and O–H groups in total. The Morgan fingerprint density at radius 1 is 1.23 bits per heavy atom. The van der Waals surface area contributed by atoms with Gasteiger partial charge in [-0.15, -0.1) is 0 Å².